The quantitative estimate of drug-likeness (QED) is 0.725. The number of hydrogen-bond donors (Lipinski definition) is 0. The Kier molecular flexibility index (Phi) is 4.74. The van der Waals surface area contributed by atoms with Crippen molar-refractivity contribution in [2.24, 2.45) is 0 Å². The maximum Gasteiger partial charge on any atom is 0.158 e. The fourth-order valence-electron chi connectivity index (χ4n) is 3.74. The van der Waals surface area contributed by atoms with Gasteiger partial charge in [0.15, 0.2) is 5.65 Å². The van der Waals surface area contributed by atoms with Crippen LogP contribution in [-0.2, 0) is 6.54 Å². The van der Waals surface area contributed by atoms with E-state index in [1.807, 2.05) is 11.4 Å². The van der Waals surface area contributed by atoms with Crippen LogP contribution >= 0.6 is 0 Å². The fourth-order valence-corrected chi connectivity index (χ4v) is 3.74. The average Bonchev–Trinajstić information content (AvgIpc) is 3.04. The molecule has 0 unspecified atom stereocenters. The normalized spacial score (nSPS) is 16.4. The first-order chi connectivity index (χ1) is 12.6. The molecule has 4 rings (SSSR count). The van der Waals surface area contributed by atoms with E-state index in [0.717, 1.165) is 43.2 Å². The molecule has 1 saturated heterocycles. The van der Waals surface area contributed by atoms with Crippen LogP contribution in [0.4, 0.5) is 0 Å². The number of benzene rings is 1. The molecule has 26 heavy (non-hydrogen) atoms. The average molecular weight is 349 g/mol. The molecule has 0 atom stereocenters. The predicted molar refractivity (Wildman–Crippen MR) is 105 cm³/mol. The van der Waals surface area contributed by atoms with Crippen molar-refractivity contribution in [2.75, 3.05) is 32.7 Å². The van der Waals surface area contributed by atoms with Crippen LogP contribution in [0.2, 0.25) is 0 Å². The first-order valence-corrected chi connectivity index (χ1v) is 9.50. The second-order valence-corrected chi connectivity index (χ2v) is 7.25. The summed E-state index contributed by atoms with van der Waals surface area (Å²) in [6.45, 7) is 13.2. The smallest absolute Gasteiger partial charge is 0.158 e. The Labute approximate surface area is 155 Å². The highest BCUT2D eigenvalue weighted by Gasteiger charge is 2.15. The minimum atomic E-state index is 0.809. The second kappa shape index (κ2) is 7.17. The van der Waals surface area contributed by atoms with Crippen molar-refractivity contribution in [3.8, 4) is 11.1 Å². The van der Waals surface area contributed by atoms with Crippen LogP contribution in [0.3, 0.4) is 0 Å². The standard InChI is InChI=1S/C21H27N5/c1-4-24-9-11-25(12-10-24)14-18-5-7-19(8-6-18)20-13-16(2)21-22-17(3)23-26(21)15-20/h5-8,13,15H,4,9-12,14H2,1-3H3. The molecule has 3 aromatic rings. The van der Waals surface area contributed by atoms with Crippen molar-refractivity contribution in [1.29, 1.82) is 0 Å². The highest BCUT2D eigenvalue weighted by molar-refractivity contribution is 5.66. The summed E-state index contributed by atoms with van der Waals surface area (Å²) in [5.74, 6) is 0.809. The Balaban J connectivity index is 1.49. The number of likely N-dealkylation sites (N-methyl/N-ethyl adjacent to an activating group) is 1. The monoisotopic (exact) mass is 349 g/mol. The van der Waals surface area contributed by atoms with Crippen molar-refractivity contribution < 1.29 is 0 Å². The Morgan fingerprint density at radius 1 is 0.923 bits per heavy atom. The van der Waals surface area contributed by atoms with Crippen molar-refractivity contribution >= 4 is 5.65 Å². The summed E-state index contributed by atoms with van der Waals surface area (Å²) in [6.07, 6.45) is 2.07. The van der Waals surface area contributed by atoms with Gasteiger partial charge in [-0.15, -0.1) is 0 Å². The molecule has 1 fully saturated rings. The number of piperazine rings is 1. The molecule has 5 nitrogen and oxygen atoms in total. The molecule has 0 amide bonds. The van der Waals surface area contributed by atoms with Crippen molar-refractivity contribution in [3.05, 3.63) is 53.5 Å². The van der Waals surface area contributed by atoms with E-state index in [1.165, 1.54) is 29.8 Å². The van der Waals surface area contributed by atoms with Crippen LogP contribution in [0.15, 0.2) is 36.5 Å². The van der Waals surface area contributed by atoms with Gasteiger partial charge in [0.25, 0.3) is 0 Å². The molecule has 0 spiro atoms. The zero-order chi connectivity index (χ0) is 18.1. The topological polar surface area (TPSA) is 36.7 Å². The van der Waals surface area contributed by atoms with Gasteiger partial charge in [-0.3, -0.25) is 4.90 Å². The van der Waals surface area contributed by atoms with E-state index in [2.05, 4.69) is 70.3 Å². The summed E-state index contributed by atoms with van der Waals surface area (Å²) in [5, 5.41) is 4.46. The molecule has 0 N–H and O–H groups in total. The van der Waals surface area contributed by atoms with Gasteiger partial charge in [-0.25, -0.2) is 9.50 Å². The summed E-state index contributed by atoms with van der Waals surface area (Å²) in [6, 6.07) is 11.2. The van der Waals surface area contributed by atoms with E-state index in [4.69, 9.17) is 0 Å². The van der Waals surface area contributed by atoms with E-state index < -0.39 is 0 Å². The van der Waals surface area contributed by atoms with Crippen molar-refractivity contribution in [2.45, 2.75) is 27.3 Å². The summed E-state index contributed by atoms with van der Waals surface area (Å²) in [5.41, 5.74) is 5.88. The second-order valence-electron chi connectivity index (χ2n) is 7.25. The molecule has 1 aromatic carbocycles. The van der Waals surface area contributed by atoms with Gasteiger partial charge in [-0.05, 0) is 43.1 Å². The first kappa shape index (κ1) is 17.2. The molecule has 1 aliphatic heterocycles. The van der Waals surface area contributed by atoms with E-state index >= 15 is 0 Å². The van der Waals surface area contributed by atoms with Crippen LogP contribution in [0.5, 0.6) is 0 Å². The maximum absolute atomic E-state index is 4.48. The molecular weight excluding hydrogens is 322 g/mol. The van der Waals surface area contributed by atoms with Crippen molar-refractivity contribution in [1.82, 2.24) is 24.4 Å². The molecule has 136 valence electrons. The summed E-state index contributed by atoms with van der Waals surface area (Å²) >= 11 is 0. The lowest BCUT2D eigenvalue weighted by Crippen LogP contribution is -2.45. The number of aromatic nitrogens is 3. The number of nitrogens with zero attached hydrogens (tertiary/aromatic N) is 5. The van der Waals surface area contributed by atoms with Crippen LogP contribution < -0.4 is 0 Å². The van der Waals surface area contributed by atoms with Crippen LogP contribution in [-0.4, -0.2) is 57.1 Å². The van der Waals surface area contributed by atoms with Gasteiger partial charge in [-0.2, -0.15) is 5.10 Å². The Bertz CT molecular complexity index is 889. The molecule has 0 radical (unpaired) electrons. The summed E-state index contributed by atoms with van der Waals surface area (Å²) in [4.78, 5) is 9.55. The lowest BCUT2D eigenvalue weighted by atomic mass is 10.0. The van der Waals surface area contributed by atoms with Gasteiger partial charge < -0.3 is 4.90 Å². The lowest BCUT2D eigenvalue weighted by molar-refractivity contribution is 0.132. The minimum Gasteiger partial charge on any atom is -0.301 e. The molecule has 0 bridgehead atoms. The highest BCUT2D eigenvalue weighted by Crippen LogP contribution is 2.23. The third kappa shape index (κ3) is 3.50. The summed E-state index contributed by atoms with van der Waals surface area (Å²) in [7, 11) is 0. The van der Waals surface area contributed by atoms with Gasteiger partial charge in [0.05, 0.1) is 0 Å². The zero-order valence-corrected chi connectivity index (χ0v) is 15.9. The third-order valence-corrected chi connectivity index (χ3v) is 5.33. The SMILES string of the molecule is CCN1CCN(Cc2ccc(-c3cc(C)c4nc(C)nn4c3)cc2)CC1. The number of rotatable bonds is 4. The lowest BCUT2D eigenvalue weighted by Gasteiger charge is -2.34. The number of fused-ring (bicyclic) bond motifs is 1. The van der Waals surface area contributed by atoms with Crippen LogP contribution in [0.25, 0.3) is 16.8 Å². The molecule has 3 heterocycles. The zero-order valence-electron chi connectivity index (χ0n) is 15.9. The van der Waals surface area contributed by atoms with Crippen LogP contribution in [0, 0.1) is 13.8 Å². The van der Waals surface area contributed by atoms with Gasteiger partial charge in [0.2, 0.25) is 0 Å². The highest BCUT2D eigenvalue weighted by atomic mass is 15.3. The molecule has 0 aliphatic carbocycles. The third-order valence-electron chi connectivity index (χ3n) is 5.33. The minimum absolute atomic E-state index is 0.809. The molecular formula is C21H27N5. The molecule has 2 aromatic heterocycles. The van der Waals surface area contributed by atoms with E-state index in [1.54, 1.807) is 0 Å². The first-order valence-electron chi connectivity index (χ1n) is 9.50. The van der Waals surface area contributed by atoms with E-state index in [-0.39, 0.29) is 0 Å². The summed E-state index contributed by atoms with van der Waals surface area (Å²) < 4.78 is 1.89. The predicted octanol–water partition coefficient (Wildman–Crippen LogP) is 3.15. The Hall–Kier alpha value is -2.24. The number of aryl methyl sites for hydroxylation is 2. The number of hydrogen-bond acceptors (Lipinski definition) is 4. The van der Waals surface area contributed by atoms with E-state index in [0.29, 0.717) is 0 Å². The van der Waals surface area contributed by atoms with Gasteiger partial charge in [0, 0.05) is 44.5 Å². The molecule has 5 heteroatoms. The maximum atomic E-state index is 4.48. The largest absolute Gasteiger partial charge is 0.301 e. The van der Waals surface area contributed by atoms with Gasteiger partial charge in [0.1, 0.15) is 5.82 Å². The molecule has 1 aliphatic rings. The Morgan fingerprint density at radius 3 is 2.31 bits per heavy atom. The van der Waals surface area contributed by atoms with E-state index in [9.17, 15) is 0 Å². The van der Waals surface area contributed by atoms with Crippen molar-refractivity contribution in [3.63, 3.8) is 0 Å². The fraction of sp³-hybridized carbons (Fsp3) is 0.429. The molecule has 0 saturated carbocycles. The Morgan fingerprint density at radius 2 is 1.62 bits per heavy atom. The number of pyridine rings is 1. The van der Waals surface area contributed by atoms with Crippen LogP contribution in [0.1, 0.15) is 23.9 Å². The van der Waals surface area contributed by atoms with Gasteiger partial charge in [-0.1, -0.05) is 31.2 Å². The van der Waals surface area contributed by atoms with Gasteiger partial charge >= 0.3 is 0 Å².